The Bertz CT molecular complexity index is 618. The number of nitrogens with zero attached hydrogens (tertiary/aromatic N) is 1. The minimum Gasteiger partial charge on any atom is -0.305 e. The fourth-order valence-electron chi connectivity index (χ4n) is 2.01. The molecular weight excluding hydrogens is 406 g/mol. The van der Waals surface area contributed by atoms with Gasteiger partial charge in [0.05, 0.1) is 16.2 Å². The molecular formula is C15H14Br2F2N2. The van der Waals surface area contributed by atoms with E-state index >= 15 is 0 Å². The van der Waals surface area contributed by atoms with E-state index in [-0.39, 0.29) is 10.0 Å². The van der Waals surface area contributed by atoms with Gasteiger partial charge in [0.15, 0.2) is 0 Å². The largest absolute Gasteiger partial charge is 0.305 e. The number of nitrogens with one attached hydrogen (secondary N) is 1. The second-order valence-electron chi connectivity index (χ2n) is 4.55. The maximum absolute atomic E-state index is 14.3. The molecule has 2 aromatic rings. The highest BCUT2D eigenvalue weighted by atomic mass is 79.9. The number of rotatable bonds is 5. The van der Waals surface area contributed by atoms with Crippen LogP contribution in [-0.4, -0.2) is 11.5 Å². The topological polar surface area (TPSA) is 24.9 Å². The van der Waals surface area contributed by atoms with E-state index < -0.39 is 17.7 Å². The van der Waals surface area contributed by atoms with E-state index in [1.807, 2.05) is 6.92 Å². The molecule has 0 fully saturated rings. The summed E-state index contributed by atoms with van der Waals surface area (Å²) >= 11 is 6.41. The smallest absolute Gasteiger partial charge is 0.145 e. The molecule has 112 valence electrons. The van der Waals surface area contributed by atoms with Crippen molar-refractivity contribution in [3.63, 3.8) is 0 Å². The van der Waals surface area contributed by atoms with Crippen molar-refractivity contribution in [2.45, 2.75) is 19.4 Å². The van der Waals surface area contributed by atoms with Crippen LogP contribution >= 0.6 is 31.9 Å². The lowest BCUT2D eigenvalue weighted by Crippen LogP contribution is -2.26. The zero-order valence-electron chi connectivity index (χ0n) is 11.3. The second kappa shape index (κ2) is 7.42. The van der Waals surface area contributed by atoms with Crippen LogP contribution in [0.2, 0.25) is 0 Å². The third-order valence-corrected chi connectivity index (χ3v) is 4.09. The van der Waals surface area contributed by atoms with Crippen LogP contribution in [0.15, 0.2) is 39.4 Å². The van der Waals surface area contributed by atoms with Crippen molar-refractivity contribution in [2.24, 2.45) is 0 Å². The molecule has 1 aromatic carbocycles. The van der Waals surface area contributed by atoms with Gasteiger partial charge in [0, 0.05) is 16.2 Å². The Kier molecular flexibility index (Phi) is 5.84. The Balaban J connectivity index is 2.50. The normalized spacial score (nSPS) is 12.4. The molecule has 0 radical (unpaired) electrons. The van der Waals surface area contributed by atoms with E-state index in [9.17, 15) is 8.78 Å². The van der Waals surface area contributed by atoms with Crippen LogP contribution in [0.4, 0.5) is 8.78 Å². The average Bonchev–Trinajstić information content (AvgIpc) is 2.48. The molecule has 1 N–H and O–H groups in total. The summed E-state index contributed by atoms with van der Waals surface area (Å²) in [5.41, 5.74) is 0.551. The van der Waals surface area contributed by atoms with Crippen molar-refractivity contribution in [1.29, 1.82) is 0 Å². The van der Waals surface area contributed by atoms with E-state index in [1.54, 1.807) is 18.3 Å². The van der Waals surface area contributed by atoms with Crippen molar-refractivity contribution in [3.8, 4) is 0 Å². The molecule has 0 aliphatic heterocycles. The zero-order chi connectivity index (χ0) is 15.4. The van der Waals surface area contributed by atoms with Gasteiger partial charge < -0.3 is 5.32 Å². The van der Waals surface area contributed by atoms with Crippen LogP contribution < -0.4 is 5.32 Å². The molecule has 2 rings (SSSR count). The predicted molar refractivity (Wildman–Crippen MR) is 86.1 cm³/mol. The van der Waals surface area contributed by atoms with Crippen LogP contribution in [-0.2, 0) is 0 Å². The number of aromatic nitrogens is 1. The lowest BCUT2D eigenvalue weighted by atomic mass is 10.0. The summed E-state index contributed by atoms with van der Waals surface area (Å²) in [7, 11) is 0. The summed E-state index contributed by atoms with van der Waals surface area (Å²) in [6, 6.07) is 5.53. The highest BCUT2D eigenvalue weighted by molar-refractivity contribution is 9.10. The molecule has 1 aromatic heterocycles. The summed E-state index contributed by atoms with van der Waals surface area (Å²) in [5, 5.41) is 3.15. The molecule has 0 spiro atoms. The molecule has 0 amide bonds. The summed E-state index contributed by atoms with van der Waals surface area (Å²) in [5.74, 6) is -1.19. The van der Waals surface area contributed by atoms with Crippen molar-refractivity contribution in [3.05, 3.63) is 62.3 Å². The van der Waals surface area contributed by atoms with Gasteiger partial charge in [0.2, 0.25) is 0 Å². The van der Waals surface area contributed by atoms with E-state index in [2.05, 4.69) is 42.2 Å². The van der Waals surface area contributed by atoms with Gasteiger partial charge in [0.25, 0.3) is 0 Å². The van der Waals surface area contributed by atoms with Crippen molar-refractivity contribution < 1.29 is 8.78 Å². The summed E-state index contributed by atoms with van der Waals surface area (Å²) < 4.78 is 29.5. The number of pyridine rings is 1. The van der Waals surface area contributed by atoms with E-state index in [1.165, 1.54) is 12.1 Å². The van der Waals surface area contributed by atoms with E-state index in [0.29, 0.717) is 12.2 Å². The van der Waals surface area contributed by atoms with Gasteiger partial charge in [-0.2, -0.15) is 0 Å². The first-order chi connectivity index (χ1) is 10.0. The van der Waals surface area contributed by atoms with Gasteiger partial charge in [0.1, 0.15) is 11.6 Å². The number of halogens is 4. The molecule has 0 saturated heterocycles. The Morgan fingerprint density at radius 1 is 1.19 bits per heavy atom. The van der Waals surface area contributed by atoms with Gasteiger partial charge in [-0.15, -0.1) is 0 Å². The Morgan fingerprint density at radius 3 is 2.57 bits per heavy atom. The van der Waals surface area contributed by atoms with Gasteiger partial charge >= 0.3 is 0 Å². The van der Waals surface area contributed by atoms with Crippen molar-refractivity contribution in [2.75, 3.05) is 6.54 Å². The highest BCUT2D eigenvalue weighted by Gasteiger charge is 2.24. The molecule has 1 atom stereocenters. The lowest BCUT2D eigenvalue weighted by molar-refractivity contribution is 0.495. The molecule has 0 aliphatic carbocycles. The van der Waals surface area contributed by atoms with Gasteiger partial charge in [-0.05, 0) is 69.1 Å². The zero-order valence-corrected chi connectivity index (χ0v) is 14.5. The summed E-state index contributed by atoms with van der Waals surface area (Å²) in [6.07, 6.45) is 2.47. The summed E-state index contributed by atoms with van der Waals surface area (Å²) in [4.78, 5) is 4.26. The number of benzene rings is 1. The Hall–Kier alpha value is -0.850. The Labute approximate surface area is 139 Å². The minimum absolute atomic E-state index is 0.0207. The maximum Gasteiger partial charge on any atom is 0.145 e. The minimum atomic E-state index is -0.629. The lowest BCUT2D eigenvalue weighted by Gasteiger charge is -2.20. The molecule has 6 heteroatoms. The van der Waals surface area contributed by atoms with E-state index in [0.717, 1.165) is 10.9 Å². The van der Waals surface area contributed by atoms with Crippen LogP contribution in [0, 0.1) is 11.6 Å². The fourth-order valence-corrected chi connectivity index (χ4v) is 2.59. The molecule has 0 bridgehead atoms. The number of hydrogen-bond donors (Lipinski definition) is 1. The SMILES string of the molecule is CCCNC(c1ccc(Br)cn1)c1c(F)ccc(Br)c1F. The van der Waals surface area contributed by atoms with Crippen LogP contribution in [0.25, 0.3) is 0 Å². The Morgan fingerprint density at radius 2 is 1.95 bits per heavy atom. The second-order valence-corrected chi connectivity index (χ2v) is 6.32. The highest BCUT2D eigenvalue weighted by Crippen LogP contribution is 2.30. The molecule has 1 unspecified atom stereocenters. The molecule has 21 heavy (non-hydrogen) atoms. The van der Waals surface area contributed by atoms with E-state index in [4.69, 9.17) is 0 Å². The third kappa shape index (κ3) is 3.87. The quantitative estimate of drug-likeness (QED) is 0.691. The van der Waals surface area contributed by atoms with Crippen molar-refractivity contribution in [1.82, 2.24) is 10.3 Å². The standard InChI is InChI=1S/C15H14Br2F2N2/c1-2-7-20-15(12-6-3-9(16)8-21-12)13-11(18)5-4-10(17)14(13)19/h3-6,8,15,20H,2,7H2,1H3. The summed E-state index contributed by atoms with van der Waals surface area (Å²) in [6.45, 7) is 2.63. The predicted octanol–water partition coefficient (Wildman–Crippen LogP) is 4.97. The van der Waals surface area contributed by atoms with Gasteiger partial charge in [-0.1, -0.05) is 6.92 Å². The van der Waals surface area contributed by atoms with Gasteiger partial charge in [-0.3, -0.25) is 4.98 Å². The first-order valence-corrected chi connectivity index (χ1v) is 8.11. The maximum atomic E-state index is 14.3. The average molecular weight is 420 g/mol. The monoisotopic (exact) mass is 418 g/mol. The number of hydrogen-bond acceptors (Lipinski definition) is 2. The van der Waals surface area contributed by atoms with Crippen LogP contribution in [0.3, 0.4) is 0 Å². The first-order valence-electron chi connectivity index (χ1n) is 6.52. The first kappa shape index (κ1) is 16.5. The molecule has 0 aliphatic rings. The molecule has 1 heterocycles. The van der Waals surface area contributed by atoms with Gasteiger partial charge in [-0.25, -0.2) is 8.78 Å². The van der Waals surface area contributed by atoms with Crippen LogP contribution in [0.1, 0.15) is 30.6 Å². The molecule has 0 saturated carbocycles. The molecule has 2 nitrogen and oxygen atoms in total. The van der Waals surface area contributed by atoms with Crippen LogP contribution in [0.5, 0.6) is 0 Å². The van der Waals surface area contributed by atoms with Crippen molar-refractivity contribution >= 4 is 31.9 Å². The fraction of sp³-hybridized carbons (Fsp3) is 0.267. The third-order valence-electron chi connectivity index (χ3n) is 3.01.